The first-order valence-electron chi connectivity index (χ1n) is 13.1. The van der Waals surface area contributed by atoms with Crippen molar-refractivity contribution in [3.63, 3.8) is 0 Å². The van der Waals surface area contributed by atoms with Crippen molar-refractivity contribution in [2.45, 2.75) is 89.9 Å². The summed E-state index contributed by atoms with van der Waals surface area (Å²) >= 11 is 0. The van der Waals surface area contributed by atoms with Crippen molar-refractivity contribution in [2.24, 2.45) is 0 Å². The fraction of sp³-hybridized carbons (Fsp3) is 0.600. The van der Waals surface area contributed by atoms with Crippen LogP contribution in [0.25, 0.3) is 0 Å². The minimum Gasteiger partial charge on any atom is -0.497 e. The Kier molecular flexibility index (Phi) is 14.0. The van der Waals surface area contributed by atoms with Gasteiger partial charge in [-0.15, -0.1) is 0 Å². The van der Waals surface area contributed by atoms with Crippen molar-refractivity contribution in [3.8, 4) is 23.0 Å². The molecular formula is C30H46O4. The SMILES string of the molecule is COc1cc(CCCCCCCCCCCCCCc2cc(OC)cc(OC)c2)cc(OC)c1. The first kappa shape index (κ1) is 27.9. The van der Waals surface area contributed by atoms with Crippen LogP contribution in [0.1, 0.15) is 88.2 Å². The summed E-state index contributed by atoms with van der Waals surface area (Å²) in [5, 5.41) is 0. The normalized spacial score (nSPS) is 10.8. The minimum absolute atomic E-state index is 0.881. The smallest absolute Gasteiger partial charge is 0.122 e. The fourth-order valence-electron chi connectivity index (χ4n) is 4.45. The lowest BCUT2D eigenvalue weighted by atomic mass is 10.0. The highest BCUT2D eigenvalue weighted by Gasteiger charge is 2.03. The van der Waals surface area contributed by atoms with E-state index in [2.05, 4.69) is 24.3 Å². The molecule has 0 aromatic heterocycles. The van der Waals surface area contributed by atoms with Gasteiger partial charge >= 0.3 is 0 Å². The molecular weight excluding hydrogens is 424 g/mol. The molecule has 0 aliphatic rings. The zero-order chi connectivity index (χ0) is 24.4. The summed E-state index contributed by atoms with van der Waals surface area (Å²) in [7, 11) is 6.83. The van der Waals surface area contributed by atoms with Crippen molar-refractivity contribution in [3.05, 3.63) is 47.5 Å². The Bertz CT molecular complexity index is 690. The van der Waals surface area contributed by atoms with Gasteiger partial charge in [0.25, 0.3) is 0 Å². The molecule has 0 aliphatic heterocycles. The summed E-state index contributed by atoms with van der Waals surface area (Å²) in [5.41, 5.74) is 2.61. The van der Waals surface area contributed by atoms with Crippen LogP contribution < -0.4 is 18.9 Å². The fourth-order valence-corrected chi connectivity index (χ4v) is 4.45. The molecule has 0 fully saturated rings. The maximum atomic E-state index is 5.36. The van der Waals surface area contributed by atoms with E-state index < -0.39 is 0 Å². The number of benzene rings is 2. The van der Waals surface area contributed by atoms with Crippen molar-refractivity contribution >= 4 is 0 Å². The molecule has 0 heterocycles. The molecule has 0 radical (unpaired) electrons. The van der Waals surface area contributed by atoms with E-state index in [1.165, 1.54) is 88.2 Å². The summed E-state index contributed by atoms with van der Waals surface area (Å²) in [6, 6.07) is 12.4. The van der Waals surface area contributed by atoms with Gasteiger partial charge in [-0.25, -0.2) is 0 Å². The monoisotopic (exact) mass is 470 g/mol. The molecule has 2 aromatic carbocycles. The molecule has 0 amide bonds. The number of methoxy groups -OCH3 is 4. The molecule has 2 rings (SSSR count). The third-order valence-corrected chi connectivity index (χ3v) is 6.50. The summed E-state index contributed by atoms with van der Waals surface area (Å²) in [6.07, 6.45) is 18.2. The molecule has 190 valence electrons. The van der Waals surface area contributed by atoms with E-state index in [0.29, 0.717) is 0 Å². The molecule has 2 aromatic rings. The average molecular weight is 471 g/mol. The molecule has 0 spiro atoms. The van der Waals surface area contributed by atoms with Crippen LogP contribution in [-0.2, 0) is 12.8 Å². The van der Waals surface area contributed by atoms with Crippen LogP contribution in [-0.4, -0.2) is 28.4 Å². The van der Waals surface area contributed by atoms with E-state index in [1.807, 2.05) is 12.1 Å². The summed E-state index contributed by atoms with van der Waals surface area (Å²) in [5.74, 6) is 3.53. The molecule has 34 heavy (non-hydrogen) atoms. The second kappa shape index (κ2) is 17.1. The largest absolute Gasteiger partial charge is 0.497 e. The van der Waals surface area contributed by atoms with E-state index in [-0.39, 0.29) is 0 Å². The first-order chi connectivity index (χ1) is 16.7. The zero-order valence-electron chi connectivity index (χ0n) is 22.0. The standard InChI is InChI=1S/C30H46O4/c1-31-27-19-25(20-28(23-27)32-2)17-15-13-11-9-7-5-6-8-10-12-14-16-18-26-21-29(33-3)24-30(22-26)34-4/h19-24H,5-18H2,1-4H3. The summed E-state index contributed by atoms with van der Waals surface area (Å²) in [4.78, 5) is 0. The number of unbranched alkanes of at least 4 members (excludes halogenated alkanes) is 11. The number of ether oxygens (including phenoxy) is 4. The van der Waals surface area contributed by atoms with Gasteiger partial charge in [0, 0.05) is 12.1 Å². The molecule has 0 N–H and O–H groups in total. The van der Waals surface area contributed by atoms with Crippen molar-refractivity contribution in [1.82, 2.24) is 0 Å². The molecule has 0 atom stereocenters. The highest BCUT2D eigenvalue weighted by Crippen LogP contribution is 2.25. The Labute approximate surface area is 208 Å². The minimum atomic E-state index is 0.881. The quantitative estimate of drug-likeness (QED) is 0.194. The van der Waals surface area contributed by atoms with Gasteiger partial charge in [-0.1, -0.05) is 64.2 Å². The van der Waals surface area contributed by atoms with Crippen LogP contribution in [0.5, 0.6) is 23.0 Å². The number of hydrogen-bond donors (Lipinski definition) is 0. The molecule has 0 unspecified atom stereocenters. The third kappa shape index (κ3) is 11.2. The molecule has 0 aliphatic carbocycles. The van der Waals surface area contributed by atoms with Gasteiger partial charge in [0.2, 0.25) is 0 Å². The van der Waals surface area contributed by atoms with E-state index in [4.69, 9.17) is 18.9 Å². The zero-order valence-corrected chi connectivity index (χ0v) is 22.0. The molecule has 4 nitrogen and oxygen atoms in total. The Balaban J connectivity index is 1.41. The topological polar surface area (TPSA) is 36.9 Å². The maximum absolute atomic E-state index is 5.36. The Morgan fingerprint density at radius 3 is 0.824 bits per heavy atom. The van der Waals surface area contributed by atoms with Gasteiger partial charge in [0.05, 0.1) is 28.4 Å². The van der Waals surface area contributed by atoms with Gasteiger partial charge in [-0.3, -0.25) is 0 Å². The number of aryl methyl sites for hydroxylation is 2. The Hall–Kier alpha value is -2.36. The van der Waals surface area contributed by atoms with Gasteiger partial charge in [-0.2, -0.15) is 0 Å². The first-order valence-corrected chi connectivity index (χ1v) is 13.1. The molecule has 0 saturated heterocycles. The van der Waals surface area contributed by atoms with Crippen LogP contribution in [0, 0.1) is 0 Å². The van der Waals surface area contributed by atoms with E-state index >= 15 is 0 Å². The van der Waals surface area contributed by atoms with Crippen LogP contribution in [0.3, 0.4) is 0 Å². The highest BCUT2D eigenvalue weighted by atomic mass is 16.5. The van der Waals surface area contributed by atoms with Crippen molar-refractivity contribution < 1.29 is 18.9 Å². The van der Waals surface area contributed by atoms with E-state index in [0.717, 1.165) is 35.8 Å². The number of rotatable bonds is 19. The van der Waals surface area contributed by atoms with E-state index in [9.17, 15) is 0 Å². The third-order valence-electron chi connectivity index (χ3n) is 6.50. The summed E-state index contributed by atoms with van der Waals surface area (Å²) in [6.45, 7) is 0. The predicted molar refractivity (Wildman–Crippen MR) is 142 cm³/mol. The molecule has 0 bridgehead atoms. The van der Waals surface area contributed by atoms with Gasteiger partial charge in [0.1, 0.15) is 23.0 Å². The second-order valence-corrected chi connectivity index (χ2v) is 9.18. The van der Waals surface area contributed by atoms with Gasteiger partial charge < -0.3 is 18.9 Å². The molecule has 4 heteroatoms. The predicted octanol–water partition coefficient (Wildman–Crippen LogP) is 8.19. The van der Waals surface area contributed by atoms with Gasteiger partial charge in [-0.05, 0) is 61.1 Å². The van der Waals surface area contributed by atoms with Crippen LogP contribution >= 0.6 is 0 Å². The van der Waals surface area contributed by atoms with Crippen LogP contribution in [0.4, 0.5) is 0 Å². The molecule has 0 saturated carbocycles. The summed E-state index contributed by atoms with van der Waals surface area (Å²) < 4.78 is 21.4. The van der Waals surface area contributed by atoms with Gasteiger partial charge in [0.15, 0.2) is 0 Å². The lowest BCUT2D eigenvalue weighted by Gasteiger charge is -2.09. The lowest BCUT2D eigenvalue weighted by molar-refractivity contribution is 0.393. The van der Waals surface area contributed by atoms with E-state index in [1.54, 1.807) is 28.4 Å². The second-order valence-electron chi connectivity index (χ2n) is 9.18. The average Bonchev–Trinajstić information content (AvgIpc) is 2.88. The number of hydrogen-bond acceptors (Lipinski definition) is 4. The Morgan fingerprint density at radius 1 is 0.353 bits per heavy atom. The maximum Gasteiger partial charge on any atom is 0.122 e. The van der Waals surface area contributed by atoms with Crippen LogP contribution in [0.2, 0.25) is 0 Å². The Morgan fingerprint density at radius 2 is 0.588 bits per heavy atom. The van der Waals surface area contributed by atoms with Crippen molar-refractivity contribution in [1.29, 1.82) is 0 Å². The van der Waals surface area contributed by atoms with Crippen LogP contribution in [0.15, 0.2) is 36.4 Å². The highest BCUT2D eigenvalue weighted by molar-refractivity contribution is 5.39. The lowest BCUT2D eigenvalue weighted by Crippen LogP contribution is -1.92. The van der Waals surface area contributed by atoms with Crippen molar-refractivity contribution in [2.75, 3.05) is 28.4 Å².